The summed E-state index contributed by atoms with van der Waals surface area (Å²) in [5.74, 6) is 0.825. The SMILES string of the molecule is O=C(CCn1nnc2ccccc2c1=O)N1CCC[C@@H]1C1CCCC1. The quantitative estimate of drug-likeness (QED) is 0.857. The molecule has 1 aromatic carbocycles. The minimum Gasteiger partial charge on any atom is -0.339 e. The zero-order valence-corrected chi connectivity index (χ0v) is 14.4. The van der Waals surface area contributed by atoms with Crippen LogP contribution in [-0.2, 0) is 11.3 Å². The molecule has 6 nitrogen and oxygen atoms in total. The van der Waals surface area contributed by atoms with Crippen molar-refractivity contribution in [3.63, 3.8) is 0 Å². The van der Waals surface area contributed by atoms with E-state index in [-0.39, 0.29) is 11.5 Å². The van der Waals surface area contributed by atoms with Gasteiger partial charge < -0.3 is 4.90 Å². The van der Waals surface area contributed by atoms with E-state index in [1.165, 1.54) is 30.4 Å². The van der Waals surface area contributed by atoms with Gasteiger partial charge in [0.15, 0.2) is 0 Å². The van der Waals surface area contributed by atoms with Crippen LogP contribution in [0.15, 0.2) is 29.1 Å². The number of hydrogen-bond donors (Lipinski definition) is 0. The lowest BCUT2D eigenvalue weighted by Crippen LogP contribution is -2.40. The fourth-order valence-electron chi connectivity index (χ4n) is 4.45. The lowest BCUT2D eigenvalue weighted by molar-refractivity contribution is -0.133. The minimum absolute atomic E-state index is 0.149. The van der Waals surface area contributed by atoms with Crippen LogP contribution in [0.1, 0.15) is 44.9 Å². The van der Waals surface area contributed by atoms with E-state index in [0.717, 1.165) is 19.4 Å². The van der Waals surface area contributed by atoms with Crippen LogP contribution in [0.4, 0.5) is 0 Å². The Kier molecular flexibility index (Phi) is 4.51. The van der Waals surface area contributed by atoms with Crippen LogP contribution in [0.25, 0.3) is 10.9 Å². The molecule has 1 saturated heterocycles. The molecule has 2 fully saturated rings. The fourth-order valence-corrected chi connectivity index (χ4v) is 4.45. The van der Waals surface area contributed by atoms with Gasteiger partial charge in [0.1, 0.15) is 5.52 Å². The van der Waals surface area contributed by atoms with Gasteiger partial charge in [-0.2, -0.15) is 0 Å². The predicted molar refractivity (Wildman–Crippen MR) is 95.1 cm³/mol. The molecule has 2 heterocycles. The van der Waals surface area contributed by atoms with Gasteiger partial charge in [0.2, 0.25) is 5.91 Å². The molecule has 0 spiro atoms. The van der Waals surface area contributed by atoms with Gasteiger partial charge in [0, 0.05) is 19.0 Å². The predicted octanol–water partition coefficient (Wildman–Crippen LogP) is 2.36. The highest BCUT2D eigenvalue weighted by atomic mass is 16.2. The van der Waals surface area contributed by atoms with E-state index in [1.54, 1.807) is 12.1 Å². The van der Waals surface area contributed by atoms with Gasteiger partial charge in [0.05, 0.1) is 11.9 Å². The number of aryl methyl sites for hydroxylation is 1. The molecule has 0 bridgehead atoms. The molecule has 25 heavy (non-hydrogen) atoms. The standard InChI is InChI=1S/C19H24N4O2/c24-18(22-12-5-10-17(22)14-6-1-2-7-14)11-13-23-19(25)15-8-3-4-9-16(15)20-21-23/h3-4,8-9,14,17H,1-2,5-7,10-13H2/t17-/m1/s1. The molecule has 0 N–H and O–H groups in total. The van der Waals surface area contributed by atoms with Gasteiger partial charge in [-0.3, -0.25) is 9.59 Å². The van der Waals surface area contributed by atoms with Crippen LogP contribution >= 0.6 is 0 Å². The lowest BCUT2D eigenvalue weighted by atomic mass is 9.96. The molecule has 1 saturated carbocycles. The number of amides is 1. The summed E-state index contributed by atoms with van der Waals surface area (Å²) in [5.41, 5.74) is 0.420. The Labute approximate surface area is 146 Å². The first-order valence-electron chi connectivity index (χ1n) is 9.36. The van der Waals surface area contributed by atoms with Crippen molar-refractivity contribution >= 4 is 16.8 Å². The van der Waals surface area contributed by atoms with Gasteiger partial charge in [-0.15, -0.1) is 5.10 Å². The van der Waals surface area contributed by atoms with Crippen molar-refractivity contribution in [2.75, 3.05) is 6.54 Å². The maximum atomic E-state index is 12.7. The van der Waals surface area contributed by atoms with Gasteiger partial charge in [-0.05, 0) is 43.7 Å². The van der Waals surface area contributed by atoms with E-state index >= 15 is 0 Å². The Morgan fingerprint density at radius 3 is 2.76 bits per heavy atom. The lowest BCUT2D eigenvalue weighted by Gasteiger charge is -2.29. The highest BCUT2D eigenvalue weighted by Gasteiger charge is 2.35. The third-order valence-corrected chi connectivity index (χ3v) is 5.73. The molecule has 1 aliphatic carbocycles. The second-order valence-corrected chi connectivity index (χ2v) is 7.23. The monoisotopic (exact) mass is 340 g/mol. The summed E-state index contributed by atoms with van der Waals surface area (Å²) in [6.07, 6.45) is 7.65. The highest BCUT2D eigenvalue weighted by Crippen LogP contribution is 2.35. The zero-order chi connectivity index (χ0) is 17.2. The maximum Gasteiger partial charge on any atom is 0.277 e. The third kappa shape index (κ3) is 3.17. The average Bonchev–Trinajstić information content (AvgIpc) is 3.32. The summed E-state index contributed by atoms with van der Waals surface area (Å²) < 4.78 is 1.32. The number of carbonyl (C=O) groups is 1. The number of likely N-dealkylation sites (tertiary alicyclic amines) is 1. The van der Waals surface area contributed by atoms with Gasteiger partial charge in [-0.1, -0.05) is 30.2 Å². The first kappa shape index (κ1) is 16.2. The molecule has 2 aromatic rings. The number of benzene rings is 1. The van der Waals surface area contributed by atoms with Crippen LogP contribution in [0.2, 0.25) is 0 Å². The summed E-state index contributed by atoms with van der Waals surface area (Å²) in [6.45, 7) is 1.15. The summed E-state index contributed by atoms with van der Waals surface area (Å²) >= 11 is 0. The first-order valence-corrected chi connectivity index (χ1v) is 9.36. The highest BCUT2D eigenvalue weighted by molar-refractivity contribution is 5.77. The van der Waals surface area contributed by atoms with E-state index in [0.29, 0.717) is 35.8 Å². The van der Waals surface area contributed by atoms with Crippen LogP contribution < -0.4 is 5.56 Å². The van der Waals surface area contributed by atoms with Crippen LogP contribution in [0.5, 0.6) is 0 Å². The molecule has 6 heteroatoms. The van der Waals surface area contributed by atoms with E-state index < -0.39 is 0 Å². The molecule has 1 atom stereocenters. The van der Waals surface area contributed by atoms with Gasteiger partial charge in [0.25, 0.3) is 5.56 Å². The normalized spacial score (nSPS) is 21.3. The molecule has 1 amide bonds. The number of carbonyl (C=O) groups excluding carboxylic acids is 1. The minimum atomic E-state index is -0.174. The Morgan fingerprint density at radius 2 is 1.92 bits per heavy atom. The summed E-state index contributed by atoms with van der Waals surface area (Å²) in [6, 6.07) is 7.59. The van der Waals surface area contributed by atoms with Crippen molar-refractivity contribution in [2.24, 2.45) is 5.92 Å². The van der Waals surface area contributed by atoms with Gasteiger partial charge >= 0.3 is 0 Å². The summed E-state index contributed by atoms with van der Waals surface area (Å²) in [7, 11) is 0. The summed E-state index contributed by atoms with van der Waals surface area (Å²) in [5, 5.41) is 8.62. The first-order chi connectivity index (χ1) is 12.2. The second-order valence-electron chi connectivity index (χ2n) is 7.23. The van der Waals surface area contributed by atoms with Crippen LogP contribution in [-0.4, -0.2) is 38.4 Å². The molecule has 1 aromatic heterocycles. The molecular formula is C19H24N4O2. The molecule has 0 radical (unpaired) electrons. The smallest absolute Gasteiger partial charge is 0.277 e. The van der Waals surface area contributed by atoms with Crippen molar-refractivity contribution in [1.82, 2.24) is 19.9 Å². The van der Waals surface area contributed by atoms with E-state index in [2.05, 4.69) is 15.2 Å². The van der Waals surface area contributed by atoms with Crippen molar-refractivity contribution in [1.29, 1.82) is 0 Å². The van der Waals surface area contributed by atoms with Crippen molar-refractivity contribution < 1.29 is 4.79 Å². The van der Waals surface area contributed by atoms with Crippen LogP contribution in [0.3, 0.4) is 0 Å². The van der Waals surface area contributed by atoms with Crippen molar-refractivity contribution in [3.05, 3.63) is 34.6 Å². The summed E-state index contributed by atoms with van der Waals surface area (Å²) in [4.78, 5) is 27.3. The van der Waals surface area contributed by atoms with Crippen LogP contribution in [0, 0.1) is 5.92 Å². The van der Waals surface area contributed by atoms with E-state index in [4.69, 9.17) is 0 Å². The molecule has 2 aliphatic rings. The number of aromatic nitrogens is 3. The molecule has 132 valence electrons. The molecule has 0 unspecified atom stereocenters. The Hall–Kier alpha value is -2.24. The maximum absolute atomic E-state index is 12.7. The van der Waals surface area contributed by atoms with Gasteiger partial charge in [-0.25, -0.2) is 4.68 Å². The van der Waals surface area contributed by atoms with E-state index in [9.17, 15) is 9.59 Å². The average molecular weight is 340 g/mol. The fraction of sp³-hybridized carbons (Fsp3) is 0.579. The number of hydrogen-bond acceptors (Lipinski definition) is 4. The Bertz CT molecular complexity index is 826. The Morgan fingerprint density at radius 1 is 1.12 bits per heavy atom. The third-order valence-electron chi connectivity index (χ3n) is 5.73. The molecule has 4 rings (SSSR count). The Balaban J connectivity index is 1.45. The topological polar surface area (TPSA) is 68.1 Å². The molecule has 1 aliphatic heterocycles. The van der Waals surface area contributed by atoms with Crippen molar-refractivity contribution in [3.8, 4) is 0 Å². The number of rotatable bonds is 4. The van der Waals surface area contributed by atoms with E-state index in [1.807, 2.05) is 12.1 Å². The largest absolute Gasteiger partial charge is 0.339 e. The second kappa shape index (κ2) is 6.94. The zero-order valence-electron chi connectivity index (χ0n) is 14.4. The number of fused-ring (bicyclic) bond motifs is 1. The van der Waals surface area contributed by atoms with Crippen molar-refractivity contribution in [2.45, 2.75) is 57.5 Å². The number of nitrogens with zero attached hydrogens (tertiary/aromatic N) is 4. The molecular weight excluding hydrogens is 316 g/mol.